The Morgan fingerprint density at radius 3 is 2.74 bits per heavy atom. The van der Waals surface area contributed by atoms with Crippen LogP contribution >= 0.6 is 0 Å². The van der Waals surface area contributed by atoms with Crippen LogP contribution in [0.2, 0.25) is 0 Å². The van der Waals surface area contributed by atoms with E-state index in [4.69, 9.17) is 4.74 Å². The first kappa shape index (κ1) is 13.7. The van der Waals surface area contributed by atoms with Gasteiger partial charge in [0.2, 0.25) is 0 Å². The number of methoxy groups -OCH3 is 1. The number of carbonyl (C=O) groups is 1. The fourth-order valence-electron chi connectivity index (χ4n) is 2.24. The van der Waals surface area contributed by atoms with Crippen molar-refractivity contribution in [3.63, 3.8) is 0 Å². The maximum atomic E-state index is 11.9. The molecule has 0 unspecified atom stereocenters. The minimum atomic E-state index is -0.243. The van der Waals surface area contributed by atoms with Crippen molar-refractivity contribution in [2.24, 2.45) is 0 Å². The lowest BCUT2D eigenvalue weighted by Gasteiger charge is -2.28. The molecule has 1 aliphatic heterocycles. The Balaban J connectivity index is 2.08. The monoisotopic (exact) mass is 265 g/mol. The number of nitrogens with zero attached hydrogens (tertiary/aromatic N) is 3. The first-order chi connectivity index (χ1) is 9.20. The molecular weight excluding hydrogens is 246 g/mol. The molecule has 0 spiro atoms. The van der Waals surface area contributed by atoms with Crippen molar-refractivity contribution < 1.29 is 9.53 Å². The Hall–Kier alpha value is -1.69. The number of piperidine rings is 1. The first-order valence-corrected chi connectivity index (χ1v) is 6.53. The molecule has 0 atom stereocenters. The van der Waals surface area contributed by atoms with E-state index < -0.39 is 0 Å². The van der Waals surface area contributed by atoms with Gasteiger partial charge in [0.15, 0.2) is 5.78 Å². The molecule has 1 fully saturated rings. The van der Waals surface area contributed by atoms with Crippen LogP contribution in [0.15, 0.2) is 17.1 Å². The molecule has 2 rings (SSSR count). The van der Waals surface area contributed by atoms with Gasteiger partial charge < -0.3 is 9.64 Å². The van der Waals surface area contributed by atoms with Gasteiger partial charge in [-0.25, -0.2) is 4.68 Å². The molecule has 104 valence electrons. The maximum Gasteiger partial charge on any atom is 0.269 e. The summed E-state index contributed by atoms with van der Waals surface area (Å²) < 4.78 is 5.91. The molecule has 1 aromatic rings. The molecule has 0 N–H and O–H groups in total. The van der Waals surface area contributed by atoms with Crippen molar-refractivity contribution in [2.45, 2.75) is 25.8 Å². The standard InChI is InChI=1S/C13H19N3O3/c1-19-10-12(17)9-16-13(18)7-11(8-14-16)15-5-3-2-4-6-15/h7-8H,2-6,9-10H2,1H3. The summed E-state index contributed by atoms with van der Waals surface area (Å²) in [4.78, 5) is 25.5. The minimum absolute atomic E-state index is 0.00198. The van der Waals surface area contributed by atoms with Gasteiger partial charge in [0, 0.05) is 26.3 Å². The fraction of sp³-hybridized carbons (Fsp3) is 0.615. The number of anilines is 1. The highest BCUT2D eigenvalue weighted by atomic mass is 16.5. The zero-order valence-corrected chi connectivity index (χ0v) is 11.2. The van der Waals surface area contributed by atoms with E-state index in [1.807, 2.05) is 0 Å². The summed E-state index contributed by atoms with van der Waals surface area (Å²) >= 11 is 0. The van der Waals surface area contributed by atoms with Crippen LogP contribution in [0.1, 0.15) is 19.3 Å². The molecular formula is C13H19N3O3. The Morgan fingerprint density at radius 1 is 1.37 bits per heavy atom. The number of ether oxygens (including phenoxy) is 1. The van der Waals surface area contributed by atoms with Gasteiger partial charge in [-0.3, -0.25) is 9.59 Å². The third-order valence-electron chi connectivity index (χ3n) is 3.21. The molecule has 6 heteroatoms. The van der Waals surface area contributed by atoms with E-state index in [0.717, 1.165) is 31.6 Å². The number of Topliss-reactive ketones (excluding diaryl/α,β-unsaturated/α-hetero) is 1. The predicted octanol–water partition coefficient (Wildman–Crippen LogP) is 0.449. The van der Waals surface area contributed by atoms with E-state index in [1.54, 1.807) is 12.3 Å². The second-order valence-electron chi connectivity index (χ2n) is 4.73. The molecule has 0 amide bonds. The fourth-order valence-corrected chi connectivity index (χ4v) is 2.24. The maximum absolute atomic E-state index is 11.9. The van der Waals surface area contributed by atoms with Crippen molar-refractivity contribution in [3.05, 3.63) is 22.6 Å². The van der Waals surface area contributed by atoms with Crippen LogP contribution in [-0.2, 0) is 16.1 Å². The van der Waals surface area contributed by atoms with E-state index in [1.165, 1.54) is 18.2 Å². The molecule has 6 nitrogen and oxygen atoms in total. The highest BCUT2D eigenvalue weighted by Gasteiger charge is 2.13. The van der Waals surface area contributed by atoms with Gasteiger partial charge in [-0.2, -0.15) is 5.10 Å². The predicted molar refractivity (Wildman–Crippen MR) is 71.4 cm³/mol. The zero-order valence-electron chi connectivity index (χ0n) is 11.2. The third kappa shape index (κ3) is 3.64. The van der Waals surface area contributed by atoms with Crippen molar-refractivity contribution in [1.82, 2.24) is 9.78 Å². The third-order valence-corrected chi connectivity index (χ3v) is 3.21. The number of carbonyl (C=O) groups excluding carboxylic acids is 1. The molecule has 1 aromatic heterocycles. The molecule has 2 heterocycles. The second kappa shape index (κ2) is 6.47. The van der Waals surface area contributed by atoms with Crippen molar-refractivity contribution >= 4 is 11.5 Å². The summed E-state index contributed by atoms with van der Waals surface area (Å²) in [5.41, 5.74) is 0.604. The topological polar surface area (TPSA) is 64.4 Å². The molecule has 1 aliphatic rings. The van der Waals surface area contributed by atoms with Crippen LogP contribution in [0, 0.1) is 0 Å². The number of aromatic nitrogens is 2. The zero-order chi connectivity index (χ0) is 13.7. The smallest absolute Gasteiger partial charge is 0.269 e. The highest BCUT2D eigenvalue weighted by molar-refractivity contribution is 5.79. The van der Waals surface area contributed by atoms with E-state index in [9.17, 15) is 9.59 Å². The molecule has 19 heavy (non-hydrogen) atoms. The van der Waals surface area contributed by atoms with Gasteiger partial charge in [0.25, 0.3) is 5.56 Å². The average molecular weight is 265 g/mol. The minimum Gasteiger partial charge on any atom is -0.377 e. The van der Waals surface area contributed by atoms with Crippen LogP contribution in [0.3, 0.4) is 0 Å². The molecule has 0 bridgehead atoms. The van der Waals surface area contributed by atoms with E-state index in [0.29, 0.717) is 0 Å². The van der Waals surface area contributed by atoms with Crippen LogP contribution in [0.25, 0.3) is 0 Å². The molecule has 0 saturated carbocycles. The van der Waals surface area contributed by atoms with Gasteiger partial charge in [0.1, 0.15) is 13.2 Å². The van der Waals surface area contributed by atoms with Crippen LogP contribution in [0.4, 0.5) is 5.69 Å². The van der Waals surface area contributed by atoms with Gasteiger partial charge in [-0.05, 0) is 19.3 Å². The summed E-state index contributed by atoms with van der Waals surface area (Å²) in [5, 5.41) is 4.06. The number of hydrogen-bond acceptors (Lipinski definition) is 5. The Labute approximate surface area is 112 Å². The SMILES string of the molecule is COCC(=O)Cn1ncc(N2CCCCC2)cc1=O. The van der Waals surface area contributed by atoms with Gasteiger partial charge in [-0.1, -0.05) is 0 Å². The summed E-state index contributed by atoms with van der Waals surface area (Å²) in [6.07, 6.45) is 5.20. The first-order valence-electron chi connectivity index (χ1n) is 6.53. The van der Waals surface area contributed by atoms with Gasteiger partial charge in [0.05, 0.1) is 11.9 Å². The normalized spacial score (nSPS) is 15.5. The lowest BCUT2D eigenvalue weighted by atomic mass is 10.1. The highest BCUT2D eigenvalue weighted by Crippen LogP contribution is 2.16. The molecule has 0 radical (unpaired) electrons. The number of rotatable bonds is 5. The Morgan fingerprint density at radius 2 is 2.11 bits per heavy atom. The second-order valence-corrected chi connectivity index (χ2v) is 4.73. The molecule has 0 aliphatic carbocycles. The van der Waals surface area contributed by atoms with E-state index in [-0.39, 0.29) is 24.5 Å². The van der Waals surface area contributed by atoms with Crippen LogP contribution in [0.5, 0.6) is 0 Å². The summed E-state index contributed by atoms with van der Waals surface area (Å²) in [5.74, 6) is -0.164. The van der Waals surface area contributed by atoms with Crippen LogP contribution in [-0.4, -0.2) is 42.4 Å². The Kier molecular flexibility index (Phi) is 4.68. The van der Waals surface area contributed by atoms with Crippen molar-refractivity contribution in [2.75, 3.05) is 31.7 Å². The summed E-state index contributed by atoms with van der Waals surface area (Å²) in [6.45, 7) is 1.90. The quantitative estimate of drug-likeness (QED) is 0.773. The van der Waals surface area contributed by atoms with E-state index in [2.05, 4.69) is 10.00 Å². The molecule has 0 aromatic carbocycles. The lowest BCUT2D eigenvalue weighted by molar-refractivity contribution is -0.123. The number of hydrogen-bond donors (Lipinski definition) is 0. The lowest BCUT2D eigenvalue weighted by Crippen LogP contribution is -2.33. The van der Waals surface area contributed by atoms with Gasteiger partial charge >= 0.3 is 0 Å². The summed E-state index contributed by atoms with van der Waals surface area (Å²) in [7, 11) is 1.45. The van der Waals surface area contributed by atoms with E-state index >= 15 is 0 Å². The van der Waals surface area contributed by atoms with Crippen molar-refractivity contribution in [1.29, 1.82) is 0 Å². The number of ketones is 1. The Bertz CT molecular complexity index is 492. The summed E-state index contributed by atoms with van der Waals surface area (Å²) in [6, 6.07) is 1.55. The largest absolute Gasteiger partial charge is 0.377 e. The average Bonchev–Trinajstić information content (AvgIpc) is 2.42. The van der Waals surface area contributed by atoms with Crippen LogP contribution < -0.4 is 10.5 Å². The van der Waals surface area contributed by atoms with Gasteiger partial charge in [-0.15, -0.1) is 0 Å². The molecule has 1 saturated heterocycles. The van der Waals surface area contributed by atoms with Crippen molar-refractivity contribution in [3.8, 4) is 0 Å².